The van der Waals surface area contributed by atoms with Crippen molar-refractivity contribution in [2.75, 3.05) is 6.61 Å². The molecule has 136 valence electrons. The number of carbonyl (C=O) groups is 1. The molecular formula is C21H30N2O2. The second-order valence-corrected chi connectivity index (χ2v) is 7.78. The number of nitrogens with zero attached hydrogens (tertiary/aromatic N) is 2. The third-order valence-corrected chi connectivity index (χ3v) is 4.86. The molecule has 4 heteroatoms. The first kappa shape index (κ1) is 19.2. The van der Waals surface area contributed by atoms with Crippen LogP contribution in [0.25, 0.3) is 0 Å². The molecule has 25 heavy (non-hydrogen) atoms. The van der Waals surface area contributed by atoms with Gasteiger partial charge in [0.05, 0.1) is 18.8 Å². The van der Waals surface area contributed by atoms with Gasteiger partial charge < -0.3 is 4.74 Å². The molecule has 0 aliphatic heterocycles. The molecule has 0 radical (unpaired) electrons. The highest BCUT2D eigenvalue weighted by Crippen LogP contribution is 2.26. The average Bonchev–Trinajstić information content (AvgIpc) is 2.94. The van der Waals surface area contributed by atoms with E-state index in [1.807, 2.05) is 13.0 Å². The van der Waals surface area contributed by atoms with Crippen molar-refractivity contribution in [3.63, 3.8) is 0 Å². The third kappa shape index (κ3) is 3.94. The van der Waals surface area contributed by atoms with Gasteiger partial charge in [-0.3, -0.25) is 4.68 Å². The molecule has 0 unspecified atom stereocenters. The van der Waals surface area contributed by atoms with E-state index in [1.165, 1.54) is 27.8 Å². The minimum Gasteiger partial charge on any atom is -0.461 e. The van der Waals surface area contributed by atoms with E-state index < -0.39 is 0 Å². The van der Waals surface area contributed by atoms with Gasteiger partial charge in [-0.05, 0) is 68.5 Å². The molecule has 0 saturated heterocycles. The van der Waals surface area contributed by atoms with Gasteiger partial charge in [-0.15, -0.1) is 0 Å². The Kier molecular flexibility index (Phi) is 5.40. The first-order chi connectivity index (χ1) is 11.6. The fourth-order valence-corrected chi connectivity index (χ4v) is 3.00. The summed E-state index contributed by atoms with van der Waals surface area (Å²) in [5.41, 5.74) is 7.58. The van der Waals surface area contributed by atoms with Crippen molar-refractivity contribution in [1.82, 2.24) is 9.78 Å². The van der Waals surface area contributed by atoms with Crippen molar-refractivity contribution >= 4 is 5.97 Å². The molecular weight excluding hydrogens is 312 g/mol. The number of benzene rings is 1. The van der Waals surface area contributed by atoms with E-state index >= 15 is 0 Å². The van der Waals surface area contributed by atoms with E-state index in [4.69, 9.17) is 9.84 Å². The number of esters is 1. The summed E-state index contributed by atoms with van der Waals surface area (Å²) in [5.74, 6) is -0.315. The van der Waals surface area contributed by atoms with Crippen LogP contribution in [0, 0.1) is 27.7 Å². The van der Waals surface area contributed by atoms with Crippen molar-refractivity contribution in [3.05, 3.63) is 51.3 Å². The Balaban J connectivity index is 2.54. The number of aryl methyl sites for hydroxylation is 2. The predicted molar refractivity (Wildman–Crippen MR) is 101 cm³/mol. The van der Waals surface area contributed by atoms with Crippen LogP contribution in [-0.4, -0.2) is 22.4 Å². The summed E-state index contributed by atoms with van der Waals surface area (Å²) in [7, 11) is 0. The van der Waals surface area contributed by atoms with E-state index in [9.17, 15) is 4.79 Å². The number of hydrogen-bond donors (Lipinski definition) is 0. The van der Waals surface area contributed by atoms with Gasteiger partial charge in [-0.2, -0.15) is 5.10 Å². The van der Waals surface area contributed by atoms with Gasteiger partial charge >= 0.3 is 5.97 Å². The van der Waals surface area contributed by atoms with Gasteiger partial charge in [0.1, 0.15) is 5.69 Å². The zero-order valence-corrected chi connectivity index (χ0v) is 16.8. The molecule has 0 spiro atoms. The second-order valence-electron chi connectivity index (χ2n) is 7.78. The molecule has 2 aromatic rings. The number of ether oxygens (including phenoxy) is 1. The molecule has 2 rings (SSSR count). The molecule has 0 saturated carbocycles. The molecule has 1 heterocycles. The van der Waals surface area contributed by atoms with E-state index in [1.54, 1.807) is 4.68 Å². The molecule has 0 amide bonds. The lowest BCUT2D eigenvalue weighted by molar-refractivity contribution is 0.0512. The van der Waals surface area contributed by atoms with Crippen molar-refractivity contribution in [2.24, 2.45) is 0 Å². The van der Waals surface area contributed by atoms with Gasteiger partial charge in [0.15, 0.2) is 0 Å². The van der Waals surface area contributed by atoms with Crippen molar-refractivity contribution in [2.45, 2.75) is 67.3 Å². The maximum absolute atomic E-state index is 12.4. The fourth-order valence-electron chi connectivity index (χ4n) is 3.00. The molecule has 0 N–H and O–H groups in total. The lowest BCUT2D eigenvalue weighted by atomic mass is 9.92. The standard InChI is InChI=1S/C21H30N2O2/c1-9-25-20(24)18-11-19(21(6,7)8)22-23(18)12-17-14(3)10-13(2)15(4)16(17)5/h10-11H,9,12H2,1-8H3. The summed E-state index contributed by atoms with van der Waals surface area (Å²) in [5, 5.41) is 4.73. The van der Waals surface area contributed by atoms with Crippen LogP contribution in [-0.2, 0) is 16.7 Å². The quantitative estimate of drug-likeness (QED) is 0.760. The Morgan fingerprint density at radius 1 is 1.08 bits per heavy atom. The van der Waals surface area contributed by atoms with Crippen LogP contribution in [0.4, 0.5) is 0 Å². The number of rotatable bonds is 4. The maximum atomic E-state index is 12.4. The van der Waals surface area contributed by atoms with E-state index in [2.05, 4.69) is 54.5 Å². The first-order valence-corrected chi connectivity index (χ1v) is 8.88. The van der Waals surface area contributed by atoms with Crippen LogP contribution in [0.2, 0.25) is 0 Å². The van der Waals surface area contributed by atoms with Crippen molar-refractivity contribution in [3.8, 4) is 0 Å². The first-order valence-electron chi connectivity index (χ1n) is 8.88. The summed E-state index contributed by atoms with van der Waals surface area (Å²) in [6, 6.07) is 4.07. The van der Waals surface area contributed by atoms with Gasteiger partial charge in [0.2, 0.25) is 0 Å². The Bertz CT molecular complexity index is 795. The highest BCUT2D eigenvalue weighted by molar-refractivity contribution is 5.87. The minimum absolute atomic E-state index is 0.125. The zero-order chi connectivity index (χ0) is 18.9. The predicted octanol–water partition coefficient (Wildman–Crippen LogP) is 4.64. The molecule has 0 aliphatic rings. The van der Waals surface area contributed by atoms with Crippen LogP contribution >= 0.6 is 0 Å². The van der Waals surface area contributed by atoms with Crippen LogP contribution in [0.15, 0.2) is 12.1 Å². The van der Waals surface area contributed by atoms with Crippen LogP contribution in [0.5, 0.6) is 0 Å². The van der Waals surface area contributed by atoms with E-state index in [0.29, 0.717) is 18.8 Å². The second kappa shape index (κ2) is 7.03. The van der Waals surface area contributed by atoms with Gasteiger partial charge in [-0.25, -0.2) is 4.79 Å². The average molecular weight is 342 g/mol. The topological polar surface area (TPSA) is 44.1 Å². The largest absolute Gasteiger partial charge is 0.461 e. The summed E-state index contributed by atoms with van der Waals surface area (Å²) < 4.78 is 7.03. The van der Waals surface area contributed by atoms with Crippen molar-refractivity contribution < 1.29 is 9.53 Å². The number of hydrogen-bond acceptors (Lipinski definition) is 3. The lowest BCUT2D eigenvalue weighted by Crippen LogP contribution is -2.16. The number of aromatic nitrogens is 2. The number of carbonyl (C=O) groups excluding carboxylic acids is 1. The van der Waals surface area contributed by atoms with Gasteiger partial charge in [0.25, 0.3) is 0 Å². The zero-order valence-electron chi connectivity index (χ0n) is 16.8. The van der Waals surface area contributed by atoms with Crippen LogP contribution in [0.3, 0.4) is 0 Å². The summed E-state index contributed by atoms with van der Waals surface area (Å²) >= 11 is 0. The normalized spacial score (nSPS) is 11.7. The highest BCUT2D eigenvalue weighted by atomic mass is 16.5. The fraction of sp³-hybridized carbons (Fsp3) is 0.524. The summed E-state index contributed by atoms with van der Waals surface area (Å²) in [6.07, 6.45) is 0. The monoisotopic (exact) mass is 342 g/mol. The molecule has 0 aliphatic carbocycles. The summed E-state index contributed by atoms with van der Waals surface area (Å²) in [6.45, 7) is 17.6. The van der Waals surface area contributed by atoms with Crippen molar-refractivity contribution in [1.29, 1.82) is 0 Å². The molecule has 4 nitrogen and oxygen atoms in total. The third-order valence-electron chi connectivity index (χ3n) is 4.86. The Labute approximate surface area is 151 Å². The molecule has 0 fully saturated rings. The van der Waals surface area contributed by atoms with E-state index in [-0.39, 0.29) is 11.4 Å². The molecule has 1 aromatic heterocycles. The minimum atomic E-state index is -0.315. The van der Waals surface area contributed by atoms with Crippen LogP contribution < -0.4 is 0 Å². The lowest BCUT2D eigenvalue weighted by Gasteiger charge is -2.17. The maximum Gasteiger partial charge on any atom is 0.356 e. The van der Waals surface area contributed by atoms with Gasteiger partial charge in [-0.1, -0.05) is 26.8 Å². The highest BCUT2D eigenvalue weighted by Gasteiger charge is 2.24. The molecule has 1 aromatic carbocycles. The summed E-state index contributed by atoms with van der Waals surface area (Å²) in [4.78, 5) is 12.4. The molecule has 0 bridgehead atoms. The Hall–Kier alpha value is -2.10. The Morgan fingerprint density at radius 3 is 2.28 bits per heavy atom. The Morgan fingerprint density at radius 2 is 1.72 bits per heavy atom. The molecule has 0 atom stereocenters. The smallest absolute Gasteiger partial charge is 0.356 e. The van der Waals surface area contributed by atoms with E-state index in [0.717, 1.165) is 5.69 Å². The SMILES string of the molecule is CCOC(=O)c1cc(C(C)(C)C)nn1Cc1c(C)cc(C)c(C)c1C. The van der Waals surface area contributed by atoms with Crippen LogP contribution in [0.1, 0.15) is 71.7 Å². The van der Waals surface area contributed by atoms with Gasteiger partial charge in [0, 0.05) is 5.41 Å².